The summed E-state index contributed by atoms with van der Waals surface area (Å²) in [5.74, 6) is -1.81. The largest absolute Gasteiger partial charge is 0.386 e. The molecule has 0 saturated carbocycles. The van der Waals surface area contributed by atoms with E-state index in [2.05, 4.69) is 20.0 Å². The molecule has 1 saturated heterocycles. The maximum atomic E-state index is 15.2. The lowest BCUT2D eigenvalue weighted by Crippen LogP contribution is -2.60. The Morgan fingerprint density at radius 2 is 2.06 bits per heavy atom. The summed E-state index contributed by atoms with van der Waals surface area (Å²) in [6.07, 6.45) is 3.15. The standard InChI is InChI=1S/C22H27ClF2N6O2S/c1-21(2)20(26)31-22(3,15-6-4-5-9-28-34(15,21)33)18-14(25)7-8-16(29-18)30-19(32)17-13(23)10-12(24)11-27-17/h7-8,10-11,15,28,33H,4-6,9H2,1-3H3,(H2,26,31)(H,29,30,32)/t15-,22+/m1/s1. The Balaban J connectivity index is 1.77. The molecule has 2 aromatic rings. The number of hydrogen-bond donors (Lipinski definition) is 4. The summed E-state index contributed by atoms with van der Waals surface area (Å²) in [4.78, 5) is 25.4. The fraction of sp³-hybridized carbons (Fsp3) is 0.455. The van der Waals surface area contributed by atoms with Crippen LogP contribution in [0.5, 0.6) is 0 Å². The third-order valence-electron chi connectivity index (χ3n) is 6.59. The molecule has 0 bridgehead atoms. The van der Waals surface area contributed by atoms with Gasteiger partial charge in [0, 0.05) is 6.54 Å². The number of rotatable bonds is 3. The average molecular weight is 513 g/mol. The van der Waals surface area contributed by atoms with Crippen LogP contribution in [0.2, 0.25) is 5.02 Å². The quantitative estimate of drug-likeness (QED) is 0.484. The number of fused-ring (bicyclic) bond motifs is 1. The maximum absolute atomic E-state index is 15.2. The molecule has 4 heterocycles. The zero-order valence-corrected chi connectivity index (χ0v) is 20.6. The number of aliphatic imine (C=N–C) groups is 1. The topological polar surface area (TPSA) is 126 Å². The molecule has 2 aliphatic heterocycles. The SMILES string of the molecule is CC1(C)C(N)=N[C@](C)(c2nc(NC(=O)c3ncc(F)cc3Cl)ccc2F)[C@H]2CCCCNS21O. The lowest BCUT2D eigenvalue weighted by molar-refractivity contribution is 0.102. The number of nitrogens with zero attached hydrogens (tertiary/aromatic N) is 3. The summed E-state index contributed by atoms with van der Waals surface area (Å²) in [6.45, 7) is 6.00. The van der Waals surface area contributed by atoms with E-state index in [4.69, 9.17) is 22.3 Å². The van der Waals surface area contributed by atoms with E-state index in [-0.39, 0.29) is 28.1 Å². The van der Waals surface area contributed by atoms with E-state index in [1.54, 1.807) is 6.92 Å². The van der Waals surface area contributed by atoms with Crippen LogP contribution in [0.25, 0.3) is 0 Å². The van der Waals surface area contributed by atoms with E-state index in [0.717, 1.165) is 25.1 Å². The van der Waals surface area contributed by atoms with Gasteiger partial charge >= 0.3 is 0 Å². The number of pyridine rings is 2. The predicted octanol–water partition coefficient (Wildman–Crippen LogP) is 4.36. The second kappa shape index (κ2) is 8.71. The van der Waals surface area contributed by atoms with Gasteiger partial charge in [0.15, 0.2) is 0 Å². The zero-order chi connectivity index (χ0) is 24.9. The van der Waals surface area contributed by atoms with Crippen molar-refractivity contribution in [1.29, 1.82) is 0 Å². The first-order valence-corrected chi connectivity index (χ1v) is 12.9. The minimum Gasteiger partial charge on any atom is -0.386 e. The van der Waals surface area contributed by atoms with Crippen molar-refractivity contribution in [2.24, 2.45) is 10.7 Å². The Hall–Kier alpha value is -2.34. The van der Waals surface area contributed by atoms with Crippen LogP contribution in [0.1, 0.15) is 56.2 Å². The number of nitrogens with one attached hydrogen (secondary N) is 2. The van der Waals surface area contributed by atoms with E-state index in [1.165, 1.54) is 12.1 Å². The summed E-state index contributed by atoms with van der Waals surface area (Å²) in [5, 5.41) is 1.89. The molecule has 3 atom stereocenters. The van der Waals surface area contributed by atoms with Crippen molar-refractivity contribution < 1.29 is 18.1 Å². The Kier molecular flexibility index (Phi) is 6.34. The van der Waals surface area contributed by atoms with Crippen LogP contribution in [-0.2, 0) is 5.54 Å². The van der Waals surface area contributed by atoms with Gasteiger partial charge in [0.25, 0.3) is 5.91 Å². The monoisotopic (exact) mass is 512 g/mol. The molecule has 2 aromatic heterocycles. The molecule has 12 heteroatoms. The van der Waals surface area contributed by atoms with Gasteiger partial charge in [-0.25, -0.2) is 18.7 Å². The Morgan fingerprint density at radius 1 is 1.32 bits per heavy atom. The molecular formula is C22H27ClF2N6O2S. The van der Waals surface area contributed by atoms with Crippen molar-refractivity contribution in [2.75, 3.05) is 11.9 Å². The molecule has 1 amide bonds. The van der Waals surface area contributed by atoms with Gasteiger partial charge in [-0.1, -0.05) is 28.5 Å². The van der Waals surface area contributed by atoms with E-state index in [9.17, 15) is 13.7 Å². The molecule has 5 N–H and O–H groups in total. The number of carbonyl (C=O) groups excluding carboxylic acids is 1. The van der Waals surface area contributed by atoms with Gasteiger partial charge < -0.3 is 15.6 Å². The van der Waals surface area contributed by atoms with Gasteiger partial charge in [0.1, 0.15) is 40.2 Å². The Bertz CT molecular complexity index is 1180. The molecule has 1 fully saturated rings. The van der Waals surface area contributed by atoms with Crippen LogP contribution in [-0.4, -0.2) is 42.8 Å². The van der Waals surface area contributed by atoms with Crippen LogP contribution < -0.4 is 15.8 Å². The van der Waals surface area contributed by atoms with Crippen LogP contribution >= 0.6 is 22.1 Å². The normalized spacial score (nSPS) is 30.3. The fourth-order valence-electron chi connectivity index (χ4n) is 4.55. The van der Waals surface area contributed by atoms with Crippen molar-refractivity contribution in [3.63, 3.8) is 0 Å². The molecule has 0 radical (unpaired) electrons. The molecular weight excluding hydrogens is 486 g/mol. The Labute approximate surface area is 203 Å². The van der Waals surface area contributed by atoms with Crippen molar-refractivity contribution in [1.82, 2.24) is 14.7 Å². The minimum atomic E-state index is -2.57. The number of amidine groups is 1. The molecule has 8 nitrogen and oxygen atoms in total. The third kappa shape index (κ3) is 3.94. The van der Waals surface area contributed by atoms with Crippen molar-refractivity contribution in [3.05, 3.63) is 52.4 Å². The molecule has 4 rings (SSSR count). The molecule has 184 valence electrons. The predicted molar refractivity (Wildman–Crippen MR) is 130 cm³/mol. The van der Waals surface area contributed by atoms with Crippen LogP contribution in [0.4, 0.5) is 14.6 Å². The summed E-state index contributed by atoms with van der Waals surface area (Å²) in [7, 11) is -2.57. The number of amides is 1. The molecule has 0 aliphatic carbocycles. The fourth-order valence-corrected chi connectivity index (χ4v) is 8.22. The van der Waals surface area contributed by atoms with E-state index in [1.807, 2.05) is 13.8 Å². The number of nitrogens with two attached hydrogens (primary N) is 1. The molecule has 34 heavy (non-hydrogen) atoms. The van der Waals surface area contributed by atoms with Crippen LogP contribution in [0, 0.1) is 11.6 Å². The highest BCUT2D eigenvalue weighted by molar-refractivity contribution is 8.29. The third-order valence-corrected chi connectivity index (χ3v) is 10.8. The van der Waals surface area contributed by atoms with E-state index in [0.29, 0.717) is 13.0 Å². The number of halogens is 3. The van der Waals surface area contributed by atoms with Gasteiger partial charge in [0.05, 0.1) is 21.2 Å². The van der Waals surface area contributed by atoms with Crippen LogP contribution in [0.3, 0.4) is 0 Å². The smallest absolute Gasteiger partial charge is 0.276 e. The maximum Gasteiger partial charge on any atom is 0.276 e. The first kappa shape index (κ1) is 24.8. The van der Waals surface area contributed by atoms with Gasteiger partial charge in [-0.05, 0) is 51.8 Å². The highest BCUT2D eigenvalue weighted by Gasteiger charge is 2.59. The zero-order valence-electron chi connectivity index (χ0n) is 19.0. The van der Waals surface area contributed by atoms with Crippen LogP contribution in [0.15, 0.2) is 29.4 Å². The van der Waals surface area contributed by atoms with Gasteiger partial charge in [-0.15, -0.1) is 0 Å². The lowest BCUT2D eigenvalue weighted by Gasteiger charge is -2.58. The summed E-state index contributed by atoms with van der Waals surface area (Å²) < 4.78 is 42.9. The Morgan fingerprint density at radius 3 is 2.76 bits per heavy atom. The van der Waals surface area contributed by atoms with E-state index < -0.39 is 43.6 Å². The number of hydrogen-bond acceptors (Lipinski definition) is 7. The first-order valence-electron chi connectivity index (χ1n) is 10.8. The van der Waals surface area contributed by atoms with Crippen molar-refractivity contribution in [3.8, 4) is 0 Å². The van der Waals surface area contributed by atoms with E-state index >= 15 is 4.39 Å². The first-order chi connectivity index (χ1) is 15.9. The highest BCUT2D eigenvalue weighted by atomic mass is 35.5. The molecule has 1 unspecified atom stereocenters. The van der Waals surface area contributed by atoms with Gasteiger partial charge in [-0.2, -0.15) is 0 Å². The lowest BCUT2D eigenvalue weighted by atomic mass is 9.88. The second-order valence-electron chi connectivity index (χ2n) is 9.12. The summed E-state index contributed by atoms with van der Waals surface area (Å²) >= 11 is 5.93. The molecule has 2 aliphatic rings. The number of carbonyl (C=O) groups is 1. The molecule has 0 spiro atoms. The molecule has 0 aromatic carbocycles. The highest BCUT2D eigenvalue weighted by Crippen LogP contribution is 2.66. The summed E-state index contributed by atoms with van der Waals surface area (Å²) in [5.41, 5.74) is 4.82. The second-order valence-corrected chi connectivity index (χ2v) is 12.7. The van der Waals surface area contributed by atoms with Crippen molar-refractivity contribution >= 4 is 39.7 Å². The number of aromatic nitrogens is 2. The minimum absolute atomic E-state index is 0.0311. The average Bonchev–Trinajstić information content (AvgIpc) is 2.97. The van der Waals surface area contributed by atoms with Crippen molar-refractivity contribution in [2.45, 2.75) is 55.6 Å². The van der Waals surface area contributed by atoms with Gasteiger partial charge in [-0.3, -0.25) is 14.5 Å². The van der Waals surface area contributed by atoms with Gasteiger partial charge in [0.2, 0.25) is 0 Å². The summed E-state index contributed by atoms with van der Waals surface area (Å²) in [6, 6.07) is 3.44. The number of anilines is 1.